The molecule has 0 unspecified atom stereocenters. The Bertz CT molecular complexity index is 1070. The molecule has 0 aliphatic rings. The molecular formula is C22H21ClN2O3S. The fourth-order valence-corrected chi connectivity index (χ4v) is 4.09. The van der Waals surface area contributed by atoms with E-state index in [1.165, 1.54) is 12.1 Å². The van der Waals surface area contributed by atoms with Crippen LogP contribution in [0, 0.1) is 6.92 Å². The maximum atomic E-state index is 12.9. The highest BCUT2D eigenvalue weighted by atomic mass is 35.5. The quantitative estimate of drug-likeness (QED) is 0.592. The highest BCUT2D eigenvalue weighted by molar-refractivity contribution is 7.89. The molecule has 3 rings (SSSR count). The Labute approximate surface area is 175 Å². The van der Waals surface area contributed by atoms with Crippen molar-refractivity contribution in [3.8, 4) is 0 Å². The van der Waals surface area contributed by atoms with Crippen LogP contribution in [0.15, 0.2) is 83.8 Å². The Hall–Kier alpha value is -2.67. The minimum atomic E-state index is -3.87. The van der Waals surface area contributed by atoms with Crippen LogP contribution in [0.25, 0.3) is 0 Å². The first-order valence-corrected chi connectivity index (χ1v) is 10.9. The molecule has 1 amide bonds. The summed E-state index contributed by atoms with van der Waals surface area (Å²) in [6, 6.07) is 21.4. The Morgan fingerprint density at radius 2 is 1.55 bits per heavy atom. The highest BCUT2D eigenvalue weighted by Crippen LogP contribution is 2.16. The number of carbonyl (C=O) groups excluding carboxylic acids is 1. The molecule has 3 aromatic carbocycles. The zero-order valence-electron chi connectivity index (χ0n) is 15.8. The Balaban J connectivity index is 1.84. The summed E-state index contributed by atoms with van der Waals surface area (Å²) in [6.07, 6.45) is 0.214. The monoisotopic (exact) mass is 428 g/mol. The molecule has 7 heteroatoms. The average molecular weight is 429 g/mol. The molecule has 1 atom stereocenters. The molecule has 3 aromatic rings. The lowest BCUT2D eigenvalue weighted by atomic mass is 10.1. The van der Waals surface area contributed by atoms with Crippen LogP contribution in [0.2, 0.25) is 5.02 Å². The van der Waals surface area contributed by atoms with Gasteiger partial charge in [0.1, 0.15) is 6.04 Å². The number of carbonyl (C=O) groups is 1. The predicted octanol–water partition coefficient (Wildman–Crippen LogP) is 4.18. The SMILES string of the molecule is Cc1ccc(S(=O)(=O)N[C@@H](Cc2ccccc2)C(=O)Nc2ccc(Cl)cc2)cc1. The third-order valence-electron chi connectivity index (χ3n) is 4.34. The van der Waals surface area contributed by atoms with Crippen molar-refractivity contribution in [2.75, 3.05) is 5.32 Å². The number of sulfonamides is 1. The van der Waals surface area contributed by atoms with Crippen LogP contribution in [0.5, 0.6) is 0 Å². The molecule has 0 spiro atoms. The molecule has 0 fully saturated rings. The summed E-state index contributed by atoms with van der Waals surface area (Å²) in [5, 5.41) is 3.29. The van der Waals surface area contributed by atoms with E-state index in [1.807, 2.05) is 37.3 Å². The van der Waals surface area contributed by atoms with Gasteiger partial charge in [0.2, 0.25) is 15.9 Å². The summed E-state index contributed by atoms with van der Waals surface area (Å²) < 4.78 is 28.2. The molecule has 0 aliphatic heterocycles. The largest absolute Gasteiger partial charge is 0.325 e. The van der Waals surface area contributed by atoms with Crippen molar-refractivity contribution < 1.29 is 13.2 Å². The van der Waals surface area contributed by atoms with Crippen LogP contribution in [0.3, 0.4) is 0 Å². The first kappa shape index (κ1) is 21.0. The second-order valence-corrected chi connectivity index (χ2v) is 8.82. The van der Waals surface area contributed by atoms with Crippen LogP contribution in [0.1, 0.15) is 11.1 Å². The number of aryl methyl sites for hydroxylation is 1. The summed E-state index contributed by atoms with van der Waals surface area (Å²) in [5.41, 5.74) is 2.33. The normalized spacial score (nSPS) is 12.3. The molecule has 0 bridgehead atoms. The molecule has 0 aromatic heterocycles. The van der Waals surface area contributed by atoms with Crippen molar-refractivity contribution in [2.24, 2.45) is 0 Å². The van der Waals surface area contributed by atoms with E-state index in [1.54, 1.807) is 36.4 Å². The van der Waals surface area contributed by atoms with Gasteiger partial charge in [-0.3, -0.25) is 4.79 Å². The van der Waals surface area contributed by atoms with Gasteiger partial charge >= 0.3 is 0 Å². The molecule has 2 N–H and O–H groups in total. The number of rotatable bonds is 7. The third-order valence-corrected chi connectivity index (χ3v) is 6.08. The zero-order valence-corrected chi connectivity index (χ0v) is 17.4. The van der Waals surface area contributed by atoms with E-state index in [0.29, 0.717) is 10.7 Å². The summed E-state index contributed by atoms with van der Waals surface area (Å²) in [4.78, 5) is 13.0. The minimum Gasteiger partial charge on any atom is -0.325 e. The maximum absolute atomic E-state index is 12.9. The number of hydrogen-bond donors (Lipinski definition) is 2. The van der Waals surface area contributed by atoms with E-state index in [4.69, 9.17) is 11.6 Å². The van der Waals surface area contributed by atoms with Crippen LogP contribution in [-0.4, -0.2) is 20.4 Å². The van der Waals surface area contributed by atoms with Gasteiger partial charge in [-0.2, -0.15) is 4.72 Å². The van der Waals surface area contributed by atoms with Crippen molar-refractivity contribution in [2.45, 2.75) is 24.3 Å². The van der Waals surface area contributed by atoms with Crippen molar-refractivity contribution >= 4 is 33.2 Å². The lowest BCUT2D eigenvalue weighted by Crippen LogP contribution is -2.45. The number of nitrogens with one attached hydrogen (secondary N) is 2. The zero-order chi connectivity index (χ0) is 20.9. The van der Waals surface area contributed by atoms with Crippen molar-refractivity contribution in [3.05, 3.63) is 95.0 Å². The number of amides is 1. The molecular weight excluding hydrogens is 408 g/mol. The smallest absolute Gasteiger partial charge is 0.242 e. The van der Waals surface area contributed by atoms with Crippen molar-refractivity contribution in [1.82, 2.24) is 4.72 Å². The molecule has 0 heterocycles. The Kier molecular flexibility index (Phi) is 6.69. The number of halogens is 1. The second kappa shape index (κ2) is 9.22. The van der Waals surface area contributed by atoms with E-state index in [0.717, 1.165) is 11.1 Å². The van der Waals surface area contributed by atoms with Gasteiger partial charge in [0.05, 0.1) is 4.90 Å². The van der Waals surface area contributed by atoms with Gasteiger partial charge in [0, 0.05) is 10.7 Å². The highest BCUT2D eigenvalue weighted by Gasteiger charge is 2.26. The second-order valence-electron chi connectivity index (χ2n) is 6.67. The standard InChI is InChI=1S/C22H21ClN2O3S/c1-16-7-13-20(14-8-16)29(27,28)25-21(15-17-5-3-2-4-6-17)22(26)24-19-11-9-18(23)10-12-19/h2-14,21,25H,15H2,1H3,(H,24,26)/t21-/m0/s1. The average Bonchev–Trinajstić information content (AvgIpc) is 2.70. The first-order chi connectivity index (χ1) is 13.8. The van der Waals surface area contributed by atoms with E-state index in [2.05, 4.69) is 10.0 Å². The van der Waals surface area contributed by atoms with E-state index >= 15 is 0 Å². The number of benzene rings is 3. The summed E-state index contributed by atoms with van der Waals surface area (Å²) in [5.74, 6) is -0.452. The van der Waals surface area contributed by atoms with Crippen molar-refractivity contribution in [3.63, 3.8) is 0 Å². The molecule has 150 valence electrons. The van der Waals surface area contributed by atoms with Gasteiger partial charge in [-0.05, 0) is 55.3 Å². The molecule has 0 saturated carbocycles. The number of anilines is 1. The topological polar surface area (TPSA) is 75.3 Å². The Morgan fingerprint density at radius 1 is 0.931 bits per heavy atom. The van der Waals surface area contributed by atoms with E-state index in [-0.39, 0.29) is 11.3 Å². The van der Waals surface area contributed by atoms with Gasteiger partial charge in [-0.15, -0.1) is 0 Å². The van der Waals surface area contributed by atoms with Crippen molar-refractivity contribution in [1.29, 1.82) is 0 Å². The van der Waals surface area contributed by atoms with Crippen LogP contribution >= 0.6 is 11.6 Å². The lowest BCUT2D eigenvalue weighted by Gasteiger charge is -2.19. The first-order valence-electron chi connectivity index (χ1n) is 9.03. The molecule has 29 heavy (non-hydrogen) atoms. The van der Waals surface area contributed by atoms with Gasteiger partial charge in [-0.25, -0.2) is 8.42 Å². The van der Waals surface area contributed by atoms with E-state index in [9.17, 15) is 13.2 Å². The summed E-state index contributed by atoms with van der Waals surface area (Å²) in [6.45, 7) is 1.88. The molecule has 0 radical (unpaired) electrons. The molecule has 5 nitrogen and oxygen atoms in total. The van der Waals surface area contributed by atoms with Crippen LogP contribution < -0.4 is 10.0 Å². The lowest BCUT2D eigenvalue weighted by molar-refractivity contribution is -0.117. The summed E-state index contributed by atoms with van der Waals surface area (Å²) in [7, 11) is -3.87. The van der Waals surface area contributed by atoms with Gasteiger partial charge < -0.3 is 5.32 Å². The number of hydrogen-bond acceptors (Lipinski definition) is 3. The third kappa shape index (κ3) is 5.90. The van der Waals surface area contributed by atoms with Crippen LogP contribution in [0.4, 0.5) is 5.69 Å². The fraction of sp³-hybridized carbons (Fsp3) is 0.136. The Morgan fingerprint density at radius 3 is 2.17 bits per heavy atom. The molecule has 0 saturated heterocycles. The van der Waals surface area contributed by atoms with Gasteiger partial charge in [0.25, 0.3) is 0 Å². The predicted molar refractivity (Wildman–Crippen MR) is 116 cm³/mol. The minimum absolute atomic E-state index is 0.112. The van der Waals surface area contributed by atoms with Gasteiger partial charge in [0.15, 0.2) is 0 Å². The molecule has 0 aliphatic carbocycles. The fourth-order valence-electron chi connectivity index (χ4n) is 2.77. The van der Waals surface area contributed by atoms with Crippen LogP contribution in [-0.2, 0) is 21.2 Å². The maximum Gasteiger partial charge on any atom is 0.242 e. The van der Waals surface area contributed by atoms with E-state index < -0.39 is 22.0 Å². The van der Waals surface area contributed by atoms with Gasteiger partial charge in [-0.1, -0.05) is 59.6 Å². The summed E-state index contributed by atoms with van der Waals surface area (Å²) >= 11 is 5.88.